The molecule has 1 heterocycles. The summed E-state index contributed by atoms with van der Waals surface area (Å²) in [4.78, 5) is 28.8. The van der Waals surface area contributed by atoms with Crippen molar-refractivity contribution in [1.82, 2.24) is 4.98 Å². The Kier molecular flexibility index (Phi) is 5.20. The number of fused-ring (bicyclic) bond motifs is 1. The molecular weight excluding hydrogens is 378 g/mol. The van der Waals surface area contributed by atoms with Gasteiger partial charge in [0.15, 0.2) is 5.41 Å². The molecule has 5 nitrogen and oxygen atoms in total. The Labute approximate surface area is 175 Å². The van der Waals surface area contributed by atoms with Crippen LogP contribution in [-0.2, 0) is 19.1 Å². The van der Waals surface area contributed by atoms with Gasteiger partial charge in [0.1, 0.15) is 0 Å². The quantitative estimate of drug-likeness (QED) is 0.384. The summed E-state index contributed by atoms with van der Waals surface area (Å²) >= 11 is 0. The molecule has 1 aliphatic rings. The van der Waals surface area contributed by atoms with Gasteiger partial charge in [0.2, 0.25) is 0 Å². The number of allylic oxidation sites excluding steroid dienone is 1. The van der Waals surface area contributed by atoms with Crippen LogP contribution >= 0.6 is 0 Å². The second-order valence-corrected chi connectivity index (χ2v) is 7.89. The van der Waals surface area contributed by atoms with Crippen molar-refractivity contribution < 1.29 is 19.1 Å². The standard InChI is InChI=1S/C25H25NO4/c1-16-13-25(23(27)29-2,24(28)30-3)14-19(16)22(17-9-5-4-6-10-17)20-15-26-21-12-8-7-11-18(20)21/h4-12,15,19,22,26H,1,13-14H2,2-3H3/t19-,22-/m0/s1. The van der Waals surface area contributed by atoms with Gasteiger partial charge in [-0.25, -0.2) is 0 Å². The molecular formula is C25H25NO4. The molecule has 0 saturated heterocycles. The van der Waals surface area contributed by atoms with Crippen LogP contribution in [0, 0.1) is 11.3 Å². The van der Waals surface area contributed by atoms with E-state index in [1.165, 1.54) is 14.2 Å². The van der Waals surface area contributed by atoms with Crippen LogP contribution in [0.2, 0.25) is 0 Å². The van der Waals surface area contributed by atoms with Crippen molar-refractivity contribution in [3.8, 4) is 0 Å². The number of H-pyrrole nitrogens is 1. The predicted molar refractivity (Wildman–Crippen MR) is 115 cm³/mol. The number of esters is 2. The third-order valence-electron chi connectivity index (χ3n) is 6.29. The summed E-state index contributed by atoms with van der Waals surface area (Å²) in [6.45, 7) is 4.27. The highest BCUT2D eigenvalue weighted by molar-refractivity contribution is 6.01. The first-order chi connectivity index (χ1) is 14.5. The van der Waals surface area contributed by atoms with Gasteiger partial charge in [0.05, 0.1) is 14.2 Å². The Morgan fingerprint density at radius 3 is 2.33 bits per heavy atom. The average Bonchev–Trinajstić information content (AvgIpc) is 3.36. The summed E-state index contributed by atoms with van der Waals surface area (Å²) in [6, 6.07) is 18.3. The zero-order valence-corrected chi connectivity index (χ0v) is 17.2. The first kappa shape index (κ1) is 20.0. The number of ether oxygens (including phenoxy) is 2. The Balaban J connectivity index is 1.85. The van der Waals surface area contributed by atoms with Crippen LogP contribution in [0.4, 0.5) is 0 Å². The zero-order chi connectivity index (χ0) is 21.3. The minimum absolute atomic E-state index is 0.0639. The lowest BCUT2D eigenvalue weighted by molar-refractivity contribution is -0.168. The van der Waals surface area contributed by atoms with E-state index in [4.69, 9.17) is 9.47 Å². The van der Waals surface area contributed by atoms with Crippen molar-refractivity contribution in [3.63, 3.8) is 0 Å². The van der Waals surface area contributed by atoms with Crippen LogP contribution in [0.3, 0.4) is 0 Å². The number of rotatable bonds is 5. The number of nitrogens with one attached hydrogen (secondary N) is 1. The van der Waals surface area contributed by atoms with Crippen LogP contribution in [-0.4, -0.2) is 31.1 Å². The molecule has 1 saturated carbocycles. The fraction of sp³-hybridized carbons (Fsp3) is 0.280. The van der Waals surface area contributed by atoms with Crippen molar-refractivity contribution in [2.45, 2.75) is 18.8 Å². The molecule has 4 rings (SSSR count). The Morgan fingerprint density at radius 1 is 1.03 bits per heavy atom. The predicted octanol–water partition coefficient (Wildman–Crippen LogP) is 4.60. The molecule has 0 radical (unpaired) electrons. The van der Waals surface area contributed by atoms with Gasteiger partial charge in [-0.05, 0) is 36.0 Å². The van der Waals surface area contributed by atoms with Gasteiger partial charge >= 0.3 is 11.9 Å². The number of aromatic amines is 1. The normalized spacial score (nSPS) is 18.9. The van der Waals surface area contributed by atoms with Crippen molar-refractivity contribution >= 4 is 22.8 Å². The maximum absolute atomic E-state index is 12.7. The van der Waals surface area contributed by atoms with Crippen LogP contribution in [0.15, 0.2) is 72.9 Å². The van der Waals surface area contributed by atoms with E-state index in [0.717, 1.165) is 27.6 Å². The third-order valence-corrected chi connectivity index (χ3v) is 6.29. The number of benzene rings is 2. The maximum atomic E-state index is 12.7. The van der Waals surface area contributed by atoms with Gasteiger partial charge in [-0.3, -0.25) is 9.59 Å². The molecule has 30 heavy (non-hydrogen) atoms. The summed E-state index contributed by atoms with van der Waals surface area (Å²) in [5, 5.41) is 1.12. The van der Waals surface area contributed by atoms with Crippen LogP contribution in [0.5, 0.6) is 0 Å². The molecule has 0 amide bonds. The maximum Gasteiger partial charge on any atom is 0.323 e. The molecule has 0 spiro atoms. The van der Waals surface area contributed by atoms with E-state index in [0.29, 0.717) is 6.42 Å². The number of aromatic nitrogens is 1. The molecule has 154 valence electrons. The molecule has 3 aromatic rings. The van der Waals surface area contributed by atoms with Crippen molar-refractivity contribution in [2.75, 3.05) is 14.2 Å². The van der Waals surface area contributed by atoms with E-state index in [1.807, 2.05) is 42.6 Å². The molecule has 2 aromatic carbocycles. The van der Waals surface area contributed by atoms with Crippen LogP contribution in [0.1, 0.15) is 29.9 Å². The van der Waals surface area contributed by atoms with Gasteiger partial charge < -0.3 is 14.5 Å². The molecule has 1 aromatic heterocycles. The van der Waals surface area contributed by atoms with Gasteiger partial charge in [-0.15, -0.1) is 0 Å². The minimum Gasteiger partial charge on any atom is -0.468 e. The highest BCUT2D eigenvalue weighted by atomic mass is 16.5. The van der Waals surface area contributed by atoms with Gasteiger partial charge in [-0.1, -0.05) is 60.7 Å². The summed E-state index contributed by atoms with van der Waals surface area (Å²) in [6.07, 6.45) is 2.54. The molecule has 0 aliphatic heterocycles. The Hall–Kier alpha value is -3.34. The number of carbonyl (C=O) groups is 2. The van der Waals surface area contributed by atoms with E-state index in [2.05, 4.69) is 29.8 Å². The Bertz CT molecular complexity index is 1080. The molecule has 1 aliphatic carbocycles. The minimum atomic E-state index is -1.36. The van der Waals surface area contributed by atoms with E-state index in [-0.39, 0.29) is 18.3 Å². The molecule has 0 bridgehead atoms. The highest BCUT2D eigenvalue weighted by Gasteiger charge is 2.56. The third kappa shape index (κ3) is 3.11. The van der Waals surface area contributed by atoms with Crippen molar-refractivity contribution in [2.24, 2.45) is 11.3 Å². The summed E-state index contributed by atoms with van der Waals surface area (Å²) < 4.78 is 10.0. The van der Waals surface area contributed by atoms with Gasteiger partial charge in [-0.2, -0.15) is 0 Å². The van der Waals surface area contributed by atoms with E-state index >= 15 is 0 Å². The number of hydrogen-bond acceptors (Lipinski definition) is 4. The SMILES string of the molecule is C=C1CC(C(=O)OC)(C(=O)OC)C[C@@H]1[C@H](c1ccccc1)c1c[nH]c2ccccc12. The first-order valence-corrected chi connectivity index (χ1v) is 9.97. The monoisotopic (exact) mass is 403 g/mol. The number of methoxy groups -OCH3 is 2. The summed E-state index contributed by atoms with van der Waals surface area (Å²) in [5.74, 6) is -1.32. The summed E-state index contributed by atoms with van der Waals surface area (Å²) in [5.41, 5.74) is 2.77. The van der Waals surface area contributed by atoms with Crippen LogP contribution < -0.4 is 0 Å². The summed E-state index contributed by atoms with van der Waals surface area (Å²) in [7, 11) is 2.61. The molecule has 1 fully saturated rings. The Morgan fingerprint density at radius 2 is 1.67 bits per heavy atom. The van der Waals surface area contributed by atoms with Gasteiger partial charge in [0.25, 0.3) is 0 Å². The van der Waals surface area contributed by atoms with E-state index < -0.39 is 17.4 Å². The number of hydrogen-bond donors (Lipinski definition) is 1. The lowest BCUT2D eigenvalue weighted by atomic mass is 9.76. The lowest BCUT2D eigenvalue weighted by Crippen LogP contribution is -2.39. The molecule has 0 unspecified atom stereocenters. The lowest BCUT2D eigenvalue weighted by Gasteiger charge is -2.27. The highest BCUT2D eigenvalue weighted by Crippen LogP contribution is 2.53. The van der Waals surface area contributed by atoms with E-state index in [1.54, 1.807) is 0 Å². The second-order valence-electron chi connectivity index (χ2n) is 7.89. The molecule has 5 heteroatoms. The van der Waals surface area contributed by atoms with Gasteiger partial charge in [0, 0.05) is 23.0 Å². The van der Waals surface area contributed by atoms with Crippen LogP contribution in [0.25, 0.3) is 10.9 Å². The van der Waals surface area contributed by atoms with Crippen molar-refractivity contribution in [3.05, 3.63) is 84.1 Å². The average molecular weight is 403 g/mol. The smallest absolute Gasteiger partial charge is 0.323 e. The van der Waals surface area contributed by atoms with Crippen molar-refractivity contribution in [1.29, 1.82) is 0 Å². The number of carbonyl (C=O) groups excluding carboxylic acids is 2. The van der Waals surface area contributed by atoms with E-state index in [9.17, 15) is 9.59 Å². The molecule has 1 N–H and O–H groups in total. The first-order valence-electron chi connectivity index (χ1n) is 9.97. The topological polar surface area (TPSA) is 68.4 Å². The zero-order valence-electron chi connectivity index (χ0n) is 17.2. The fourth-order valence-electron chi connectivity index (χ4n) is 4.89. The number of para-hydroxylation sites is 1. The second kappa shape index (κ2) is 7.82. The fourth-order valence-corrected chi connectivity index (χ4v) is 4.89. The largest absolute Gasteiger partial charge is 0.468 e. The molecule has 2 atom stereocenters.